The maximum Gasteiger partial charge on any atom is 0.270 e. The molecule has 0 saturated carbocycles. The summed E-state index contributed by atoms with van der Waals surface area (Å²) in [6.45, 7) is 5.60. The molecule has 3 nitrogen and oxygen atoms in total. The number of nitrogens with zero attached hydrogens (tertiary/aromatic N) is 1. The first-order valence-electron chi connectivity index (χ1n) is 7.32. The minimum absolute atomic E-state index is 0.0229. The molecule has 1 aromatic carbocycles. The molecule has 1 saturated heterocycles. The van der Waals surface area contributed by atoms with E-state index in [4.69, 9.17) is 0 Å². The van der Waals surface area contributed by atoms with E-state index in [9.17, 15) is 9.18 Å². The number of aromatic nitrogens is 1. The van der Waals surface area contributed by atoms with E-state index >= 15 is 0 Å². The Labute approximate surface area is 118 Å². The van der Waals surface area contributed by atoms with Crippen LogP contribution in [0.15, 0.2) is 24.3 Å². The summed E-state index contributed by atoms with van der Waals surface area (Å²) in [5.74, 6) is -0.313. The number of hydrogen-bond donors (Lipinski definition) is 1. The predicted octanol–water partition coefficient (Wildman–Crippen LogP) is 3.96. The number of nitrogens with one attached hydrogen (secondary N) is 1. The van der Waals surface area contributed by atoms with Gasteiger partial charge in [0.2, 0.25) is 0 Å². The van der Waals surface area contributed by atoms with E-state index in [1.807, 2.05) is 18.7 Å². The molecule has 0 bridgehead atoms. The van der Waals surface area contributed by atoms with Crippen molar-refractivity contribution >= 4 is 16.8 Å². The van der Waals surface area contributed by atoms with Crippen LogP contribution in [0.5, 0.6) is 0 Å². The third kappa shape index (κ3) is 2.84. The lowest BCUT2D eigenvalue weighted by Crippen LogP contribution is -2.35. The average molecular weight is 276 g/mol. The van der Waals surface area contributed by atoms with Gasteiger partial charge < -0.3 is 9.88 Å². The molecule has 1 N–H and O–H groups in total. The number of fused-ring (bicyclic) bond motifs is 1. The van der Waals surface area contributed by atoms with Crippen molar-refractivity contribution in [2.24, 2.45) is 0 Å². The Kier molecular flexibility index (Phi) is 4.77. The largest absolute Gasteiger partial charge is 0.350 e. The fourth-order valence-corrected chi connectivity index (χ4v) is 2.50. The number of carbonyl (C=O) groups excluding carboxylic acids is 1. The van der Waals surface area contributed by atoms with Gasteiger partial charge in [-0.15, -0.1) is 0 Å². The first-order chi connectivity index (χ1) is 9.75. The minimum Gasteiger partial charge on any atom is -0.350 e. The molecule has 1 fully saturated rings. The topological polar surface area (TPSA) is 36.1 Å². The molecule has 1 aliphatic rings. The summed E-state index contributed by atoms with van der Waals surface area (Å²) < 4.78 is 13.6. The Bertz CT molecular complexity index is 585. The van der Waals surface area contributed by atoms with E-state index in [0.717, 1.165) is 25.9 Å². The van der Waals surface area contributed by atoms with Crippen LogP contribution >= 0.6 is 0 Å². The zero-order chi connectivity index (χ0) is 14.5. The van der Waals surface area contributed by atoms with Crippen LogP contribution in [-0.4, -0.2) is 28.9 Å². The van der Waals surface area contributed by atoms with E-state index in [1.165, 1.54) is 12.5 Å². The lowest BCUT2D eigenvalue weighted by atomic mass is 10.1. The van der Waals surface area contributed by atoms with Crippen molar-refractivity contribution in [1.82, 2.24) is 9.88 Å². The van der Waals surface area contributed by atoms with Gasteiger partial charge in [0.05, 0.1) is 0 Å². The number of H-pyrrole nitrogens is 1. The van der Waals surface area contributed by atoms with Gasteiger partial charge in [0.15, 0.2) is 0 Å². The third-order valence-corrected chi connectivity index (χ3v) is 3.48. The van der Waals surface area contributed by atoms with Gasteiger partial charge >= 0.3 is 0 Å². The molecular formula is C16H21FN2O. The number of likely N-dealkylation sites (tertiary alicyclic amines) is 1. The number of hydrogen-bond acceptors (Lipinski definition) is 1. The van der Waals surface area contributed by atoms with Crippen LogP contribution in [0.2, 0.25) is 0 Å². The molecule has 0 unspecified atom stereocenters. The maximum absolute atomic E-state index is 13.6. The summed E-state index contributed by atoms with van der Waals surface area (Å²) in [5.41, 5.74) is 1.16. The van der Waals surface area contributed by atoms with Crippen molar-refractivity contribution in [3.8, 4) is 0 Å². The number of aromatic amines is 1. The van der Waals surface area contributed by atoms with Gasteiger partial charge in [-0.2, -0.15) is 0 Å². The van der Waals surface area contributed by atoms with Crippen LogP contribution < -0.4 is 0 Å². The first kappa shape index (κ1) is 14.6. The van der Waals surface area contributed by atoms with Gasteiger partial charge in [0.25, 0.3) is 5.91 Å². The summed E-state index contributed by atoms with van der Waals surface area (Å²) in [6, 6.07) is 6.45. The molecule has 1 aromatic heterocycles. The highest BCUT2D eigenvalue weighted by molar-refractivity contribution is 5.98. The van der Waals surface area contributed by atoms with E-state index in [-0.39, 0.29) is 11.7 Å². The van der Waals surface area contributed by atoms with Crippen molar-refractivity contribution in [3.05, 3.63) is 35.8 Å². The normalized spacial score (nSPS) is 14.8. The van der Waals surface area contributed by atoms with E-state index in [0.29, 0.717) is 16.6 Å². The fourth-order valence-electron chi connectivity index (χ4n) is 2.50. The third-order valence-electron chi connectivity index (χ3n) is 3.48. The van der Waals surface area contributed by atoms with Crippen LogP contribution in [0.25, 0.3) is 10.9 Å². The molecule has 2 aromatic rings. The molecule has 0 spiro atoms. The van der Waals surface area contributed by atoms with E-state index in [2.05, 4.69) is 4.98 Å². The maximum atomic E-state index is 13.6. The van der Waals surface area contributed by atoms with E-state index in [1.54, 1.807) is 18.2 Å². The van der Waals surface area contributed by atoms with Gasteiger partial charge in [-0.1, -0.05) is 19.9 Å². The summed E-state index contributed by atoms with van der Waals surface area (Å²) in [7, 11) is 0. The second-order valence-electron chi connectivity index (χ2n) is 4.74. The Hall–Kier alpha value is -1.84. The summed E-state index contributed by atoms with van der Waals surface area (Å²) in [4.78, 5) is 17.1. The van der Waals surface area contributed by atoms with Gasteiger partial charge in [-0.25, -0.2) is 4.39 Å². The van der Waals surface area contributed by atoms with Crippen LogP contribution in [0.1, 0.15) is 43.6 Å². The Morgan fingerprint density at radius 2 is 1.90 bits per heavy atom. The summed E-state index contributed by atoms with van der Waals surface area (Å²) in [6.07, 6.45) is 3.30. The fraction of sp³-hybridized carbons (Fsp3) is 0.438. The van der Waals surface area contributed by atoms with Crippen molar-refractivity contribution < 1.29 is 9.18 Å². The number of halogens is 1. The average Bonchev–Trinajstić information content (AvgIpc) is 2.95. The predicted molar refractivity (Wildman–Crippen MR) is 79.4 cm³/mol. The monoisotopic (exact) mass is 276 g/mol. The number of piperidine rings is 1. The Morgan fingerprint density at radius 1 is 1.20 bits per heavy atom. The smallest absolute Gasteiger partial charge is 0.270 e. The summed E-state index contributed by atoms with van der Waals surface area (Å²) >= 11 is 0. The molecule has 4 heteroatoms. The van der Waals surface area contributed by atoms with Crippen molar-refractivity contribution in [3.63, 3.8) is 0 Å². The molecule has 3 rings (SSSR count). The highest BCUT2D eigenvalue weighted by Gasteiger charge is 2.20. The second kappa shape index (κ2) is 6.55. The van der Waals surface area contributed by atoms with Crippen molar-refractivity contribution in [1.29, 1.82) is 0 Å². The number of rotatable bonds is 1. The van der Waals surface area contributed by atoms with Crippen molar-refractivity contribution in [2.45, 2.75) is 33.1 Å². The highest BCUT2D eigenvalue weighted by Crippen LogP contribution is 2.20. The molecule has 0 radical (unpaired) electrons. The number of benzene rings is 1. The highest BCUT2D eigenvalue weighted by atomic mass is 19.1. The molecular weight excluding hydrogens is 255 g/mol. The zero-order valence-electron chi connectivity index (χ0n) is 12.1. The number of amides is 1. The van der Waals surface area contributed by atoms with E-state index < -0.39 is 0 Å². The molecule has 0 aliphatic carbocycles. The quantitative estimate of drug-likeness (QED) is 0.841. The van der Waals surface area contributed by atoms with Gasteiger partial charge in [-0.05, 0) is 37.5 Å². The van der Waals surface area contributed by atoms with Crippen LogP contribution in [0.4, 0.5) is 4.39 Å². The Balaban J connectivity index is 0.000000704. The van der Waals surface area contributed by atoms with Crippen LogP contribution in [0, 0.1) is 5.82 Å². The SMILES string of the molecule is CC.O=C(c1cc2c(F)cccc2[nH]1)N1CCCCC1. The lowest BCUT2D eigenvalue weighted by Gasteiger charge is -2.26. The van der Waals surface area contributed by atoms with Crippen molar-refractivity contribution in [2.75, 3.05) is 13.1 Å². The minimum atomic E-state index is -0.290. The number of carbonyl (C=O) groups is 1. The van der Waals surface area contributed by atoms with Gasteiger partial charge in [0.1, 0.15) is 11.5 Å². The Morgan fingerprint density at radius 3 is 2.55 bits per heavy atom. The molecule has 0 atom stereocenters. The zero-order valence-corrected chi connectivity index (χ0v) is 12.1. The lowest BCUT2D eigenvalue weighted by molar-refractivity contribution is 0.0719. The standard InChI is InChI=1S/C14H15FN2O.C2H6/c15-11-5-4-6-12-10(11)9-13(16-12)14(18)17-7-2-1-3-8-17;1-2/h4-6,9,16H,1-3,7-8H2;1-2H3. The summed E-state index contributed by atoms with van der Waals surface area (Å²) in [5, 5.41) is 0.484. The molecule has 1 amide bonds. The van der Waals surface area contributed by atoms with Crippen LogP contribution in [0.3, 0.4) is 0 Å². The van der Waals surface area contributed by atoms with Gasteiger partial charge in [-0.3, -0.25) is 4.79 Å². The van der Waals surface area contributed by atoms with Crippen LogP contribution in [-0.2, 0) is 0 Å². The molecule has 2 heterocycles. The van der Waals surface area contributed by atoms with Gasteiger partial charge in [0, 0.05) is 24.0 Å². The molecule has 20 heavy (non-hydrogen) atoms. The molecule has 1 aliphatic heterocycles. The molecule has 108 valence electrons. The second-order valence-corrected chi connectivity index (χ2v) is 4.74. The first-order valence-corrected chi connectivity index (χ1v) is 7.32.